The molecule has 6 heteroatoms. The van der Waals surface area contributed by atoms with E-state index >= 15 is 0 Å². The molecule has 1 saturated heterocycles. The first kappa shape index (κ1) is 18.7. The van der Waals surface area contributed by atoms with E-state index in [0.717, 1.165) is 10.9 Å². The smallest absolute Gasteiger partial charge is 0.410 e. The lowest BCUT2D eigenvalue weighted by Gasteiger charge is -2.27. The lowest BCUT2D eigenvalue weighted by molar-refractivity contribution is -0.113. The van der Waals surface area contributed by atoms with Crippen molar-refractivity contribution < 1.29 is 14.3 Å². The van der Waals surface area contributed by atoms with E-state index in [1.165, 1.54) is 5.56 Å². The molecule has 0 unspecified atom stereocenters. The average Bonchev–Trinajstić information content (AvgIpc) is 2.84. The van der Waals surface area contributed by atoms with Crippen molar-refractivity contribution in [2.75, 3.05) is 6.54 Å². The molecule has 126 valence electrons. The van der Waals surface area contributed by atoms with E-state index in [9.17, 15) is 9.59 Å². The molecule has 1 amide bonds. The van der Waals surface area contributed by atoms with Crippen LogP contribution in [0.2, 0.25) is 0 Å². The highest BCUT2D eigenvalue weighted by Crippen LogP contribution is 2.30. The first-order valence-corrected chi connectivity index (χ1v) is 9.46. The van der Waals surface area contributed by atoms with E-state index in [4.69, 9.17) is 4.74 Å². The highest BCUT2D eigenvalue weighted by atomic mass is 127. The number of carbonyl (C=O) groups excluding carboxylic acids is 2. The van der Waals surface area contributed by atoms with Crippen LogP contribution in [0.25, 0.3) is 0 Å². The van der Waals surface area contributed by atoms with Crippen LogP contribution in [0, 0.1) is 5.92 Å². The molecule has 2 atom stereocenters. The molecule has 0 aliphatic carbocycles. The maximum Gasteiger partial charge on any atom is 0.410 e. The summed E-state index contributed by atoms with van der Waals surface area (Å²) in [6.45, 7) is 6.06. The van der Waals surface area contributed by atoms with Crippen molar-refractivity contribution in [3.63, 3.8) is 0 Å². The number of likely N-dealkylation sites (tertiary alicyclic amines) is 1. The zero-order chi connectivity index (χ0) is 17.2. The molecule has 23 heavy (non-hydrogen) atoms. The third-order valence-electron chi connectivity index (χ3n) is 3.72. The number of nitrogens with zero attached hydrogens (tertiary/aromatic N) is 1. The molecule has 1 heterocycles. The number of rotatable bonds is 3. The van der Waals surface area contributed by atoms with Crippen LogP contribution in [0.3, 0.4) is 0 Å². The second-order valence-corrected chi connectivity index (χ2v) is 8.86. The Labute approximate surface area is 159 Å². The fraction of sp³-hybridized carbons (Fsp3) is 0.529. The quantitative estimate of drug-likeness (QED) is 0.457. The van der Waals surface area contributed by atoms with Gasteiger partial charge < -0.3 is 4.74 Å². The van der Waals surface area contributed by atoms with Crippen LogP contribution < -0.4 is 0 Å². The van der Waals surface area contributed by atoms with Crippen LogP contribution in [0.5, 0.6) is 0 Å². The summed E-state index contributed by atoms with van der Waals surface area (Å²) in [5.74, 6) is 0.271. The Balaban J connectivity index is 2.06. The Morgan fingerprint density at radius 3 is 2.43 bits per heavy atom. The molecule has 1 aliphatic heterocycles. The normalized spacial score (nSPS) is 21.3. The van der Waals surface area contributed by atoms with Gasteiger partial charge in [0.1, 0.15) is 11.6 Å². The molecular formula is C17H21BrINO3. The molecule has 0 N–H and O–H groups in total. The van der Waals surface area contributed by atoms with Crippen LogP contribution in [-0.4, -0.2) is 33.0 Å². The van der Waals surface area contributed by atoms with Crippen LogP contribution in [0.1, 0.15) is 32.8 Å². The minimum absolute atomic E-state index is 0.00762. The molecule has 0 radical (unpaired) electrons. The predicted octanol–water partition coefficient (Wildman–Crippen LogP) is 4.58. The van der Waals surface area contributed by atoms with Crippen molar-refractivity contribution in [2.45, 2.75) is 45.3 Å². The SMILES string of the molecule is CC(C)(C)OC(=O)N1C[C@H](Cc2ccc(Br)cc2)C[C@H]1C(=O)I. The van der Waals surface area contributed by atoms with Gasteiger partial charge in [-0.2, -0.15) is 0 Å². The van der Waals surface area contributed by atoms with Gasteiger partial charge in [0.25, 0.3) is 0 Å². The highest BCUT2D eigenvalue weighted by Gasteiger charge is 2.40. The number of hydrogen-bond acceptors (Lipinski definition) is 3. The molecule has 1 fully saturated rings. The van der Waals surface area contributed by atoms with E-state index in [1.54, 1.807) is 27.5 Å². The predicted molar refractivity (Wildman–Crippen MR) is 102 cm³/mol. The molecule has 0 saturated carbocycles. The van der Waals surface area contributed by atoms with Gasteiger partial charge in [-0.05, 0) is 57.2 Å². The van der Waals surface area contributed by atoms with Gasteiger partial charge in [-0.25, -0.2) is 4.79 Å². The number of halogens is 2. The summed E-state index contributed by atoms with van der Waals surface area (Å²) in [7, 11) is 0. The first-order chi connectivity index (χ1) is 10.7. The minimum atomic E-state index is -0.556. The van der Waals surface area contributed by atoms with Crippen LogP contribution in [0.15, 0.2) is 28.7 Å². The monoisotopic (exact) mass is 493 g/mol. The minimum Gasteiger partial charge on any atom is -0.444 e. The third kappa shape index (κ3) is 5.45. The van der Waals surface area contributed by atoms with Crippen molar-refractivity contribution in [2.24, 2.45) is 5.92 Å². The summed E-state index contributed by atoms with van der Waals surface area (Å²) >= 11 is 5.21. The highest BCUT2D eigenvalue weighted by molar-refractivity contribution is 14.1. The van der Waals surface area contributed by atoms with E-state index < -0.39 is 11.7 Å². The fourth-order valence-electron chi connectivity index (χ4n) is 2.76. The van der Waals surface area contributed by atoms with Crippen molar-refractivity contribution in [3.8, 4) is 0 Å². The van der Waals surface area contributed by atoms with Gasteiger partial charge in [-0.1, -0.05) is 28.1 Å². The van der Waals surface area contributed by atoms with E-state index in [0.29, 0.717) is 13.0 Å². The molecular weight excluding hydrogens is 473 g/mol. The molecule has 0 spiro atoms. The lowest BCUT2D eigenvalue weighted by atomic mass is 9.97. The van der Waals surface area contributed by atoms with Crippen molar-refractivity contribution in [1.82, 2.24) is 4.90 Å². The van der Waals surface area contributed by atoms with Crippen LogP contribution in [-0.2, 0) is 16.0 Å². The zero-order valence-corrected chi connectivity index (χ0v) is 17.3. The number of hydrogen-bond donors (Lipinski definition) is 0. The number of benzene rings is 1. The number of ether oxygens (including phenoxy) is 1. The van der Waals surface area contributed by atoms with Crippen molar-refractivity contribution in [3.05, 3.63) is 34.3 Å². The number of amides is 1. The van der Waals surface area contributed by atoms with Gasteiger partial charge in [0.05, 0.1) is 0 Å². The summed E-state index contributed by atoms with van der Waals surface area (Å²) in [4.78, 5) is 25.8. The Morgan fingerprint density at radius 1 is 1.30 bits per heavy atom. The van der Waals surface area contributed by atoms with Gasteiger partial charge in [0.15, 0.2) is 0 Å². The summed E-state index contributed by atoms with van der Waals surface area (Å²) in [6, 6.07) is 7.78. The maximum atomic E-state index is 12.4. The molecule has 0 aromatic heterocycles. The van der Waals surface area contributed by atoms with E-state index in [2.05, 4.69) is 28.1 Å². The summed E-state index contributed by atoms with van der Waals surface area (Å²) in [5.41, 5.74) is 0.656. The van der Waals surface area contributed by atoms with Crippen molar-refractivity contribution in [1.29, 1.82) is 0 Å². The van der Waals surface area contributed by atoms with Gasteiger partial charge in [-0.3, -0.25) is 9.69 Å². The van der Waals surface area contributed by atoms with Crippen molar-refractivity contribution >= 4 is 48.4 Å². The van der Waals surface area contributed by atoms with Gasteiger partial charge >= 0.3 is 6.09 Å². The molecule has 1 aromatic carbocycles. The van der Waals surface area contributed by atoms with E-state index in [1.807, 2.05) is 32.9 Å². The van der Waals surface area contributed by atoms with Gasteiger partial charge in [0, 0.05) is 33.6 Å². The second-order valence-electron chi connectivity index (χ2n) is 6.88. The topological polar surface area (TPSA) is 46.6 Å². The Morgan fingerprint density at radius 2 is 1.91 bits per heavy atom. The number of carbonyl (C=O) groups is 2. The van der Waals surface area contributed by atoms with Crippen LogP contribution >= 0.6 is 38.5 Å². The summed E-state index contributed by atoms with van der Waals surface area (Å²) < 4.78 is 6.48. The average molecular weight is 494 g/mol. The summed E-state index contributed by atoms with van der Waals surface area (Å²) in [6.07, 6.45) is 1.15. The standard InChI is InChI=1S/C17H21BrINO3/c1-17(2,3)23-16(22)20-10-12(9-14(20)15(19)21)8-11-4-6-13(18)7-5-11/h4-7,12,14H,8-10H2,1-3H3/t12-,14+/m1/s1. The van der Waals surface area contributed by atoms with Gasteiger partial charge in [0.2, 0.25) is 3.79 Å². The Bertz CT molecular complexity index is 582. The first-order valence-electron chi connectivity index (χ1n) is 7.59. The Kier molecular flexibility index (Phi) is 6.10. The molecule has 0 bridgehead atoms. The molecule has 4 nitrogen and oxygen atoms in total. The van der Waals surface area contributed by atoms with Crippen LogP contribution in [0.4, 0.5) is 4.79 Å². The largest absolute Gasteiger partial charge is 0.444 e. The molecule has 2 rings (SSSR count). The Hall–Kier alpha value is -0.630. The lowest BCUT2D eigenvalue weighted by Crippen LogP contribution is -2.42. The van der Waals surface area contributed by atoms with Gasteiger partial charge in [-0.15, -0.1) is 0 Å². The zero-order valence-electron chi connectivity index (χ0n) is 13.5. The third-order valence-corrected chi connectivity index (χ3v) is 4.96. The fourth-order valence-corrected chi connectivity index (χ4v) is 3.62. The molecule has 1 aromatic rings. The molecule has 1 aliphatic rings. The van der Waals surface area contributed by atoms with E-state index in [-0.39, 0.29) is 15.7 Å². The summed E-state index contributed by atoms with van der Waals surface area (Å²) in [5, 5.41) is 0. The second kappa shape index (κ2) is 7.51. The maximum absolute atomic E-state index is 12.4.